The standard InChI is InChI=1S/C24H23F3N2O2/c1-28(2)13-16-14-29(15-16)23(30)18-6-11-21-17(12-18)4-3-5-22(21)31-20-9-7-19(8-10-20)24(25,26)27/h3-12,16H,13-15H2,1-2H3. The van der Waals surface area contributed by atoms with Gasteiger partial charge in [0.05, 0.1) is 5.56 Å². The first kappa shape index (κ1) is 21.2. The number of halogens is 3. The van der Waals surface area contributed by atoms with Gasteiger partial charge in [0.15, 0.2) is 0 Å². The predicted molar refractivity (Wildman–Crippen MR) is 113 cm³/mol. The van der Waals surface area contributed by atoms with Crippen molar-refractivity contribution < 1.29 is 22.7 Å². The van der Waals surface area contributed by atoms with Crippen LogP contribution in [0.4, 0.5) is 13.2 Å². The number of hydrogen-bond acceptors (Lipinski definition) is 3. The maximum absolute atomic E-state index is 12.8. The molecule has 1 aliphatic heterocycles. The molecule has 1 amide bonds. The number of amides is 1. The highest BCUT2D eigenvalue weighted by Gasteiger charge is 2.31. The van der Waals surface area contributed by atoms with Crippen molar-refractivity contribution in [1.29, 1.82) is 0 Å². The normalized spacial score (nSPS) is 14.7. The number of alkyl halides is 3. The number of hydrogen-bond donors (Lipinski definition) is 0. The third kappa shape index (κ3) is 4.66. The Morgan fingerprint density at radius 3 is 2.42 bits per heavy atom. The highest BCUT2D eigenvalue weighted by molar-refractivity contribution is 6.00. The molecule has 162 valence electrons. The molecule has 0 atom stereocenters. The largest absolute Gasteiger partial charge is 0.457 e. The summed E-state index contributed by atoms with van der Waals surface area (Å²) in [4.78, 5) is 16.8. The molecule has 3 aromatic carbocycles. The van der Waals surface area contributed by atoms with Crippen LogP contribution < -0.4 is 4.74 Å². The summed E-state index contributed by atoms with van der Waals surface area (Å²) in [5, 5.41) is 1.62. The molecular formula is C24H23F3N2O2. The second-order valence-electron chi connectivity index (χ2n) is 8.15. The summed E-state index contributed by atoms with van der Waals surface area (Å²) in [6.07, 6.45) is -4.39. The van der Waals surface area contributed by atoms with Crippen LogP contribution in [0, 0.1) is 5.92 Å². The zero-order valence-corrected chi connectivity index (χ0v) is 17.3. The fourth-order valence-corrected chi connectivity index (χ4v) is 3.87. The number of carbonyl (C=O) groups is 1. The summed E-state index contributed by atoms with van der Waals surface area (Å²) in [5.74, 6) is 1.34. The molecular weight excluding hydrogens is 405 g/mol. The van der Waals surface area contributed by atoms with E-state index in [9.17, 15) is 18.0 Å². The second-order valence-corrected chi connectivity index (χ2v) is 8.15. The fraction of sp³-hybridized carbons (Fsp3) is 0.292. The zero-order chi connectivity index (χ0) is 22.2. The summed E-state index contributed by atoms with van der Waals surface area (Å²) >= 11 is 0. The summed E-state index contributed by atoms with van der Waals surface area (Å²) in [6.45, 7) is 2.48. The highest BCUT2D eigenvalue weighted by Crippen LogP contribution is 2.34. The van der Waals surface area contributed by atoms with E-state index in [1.54, 1.807) is 18.2 Å². The van der Waals surface area contributed by atoms with Crippen molar-refractivity contribution in [3.05, 3.63) is 71.8 Å². The van der Waals surface area contributed by atoms with Crippen molar-refractivity contribution in [3.8, 4) is 11.5 Å². The van der Waals surface area contributed by atoms with Crippen LogP contribution in [0.3, 0.4) is 0 Å². The van der Waals surface area contributed by atoms with E-state index >= 15 is 0 Å². The van der Waals surface area contributed by atoms with Crippen LogP contribution in [0.25, 0.3) is 10.8 Å². The number of ether oxygens (including phenoxy) is 1. The third-order valence-electron chi connectivity index (χ3n) is 5.36. The summed E-state index contributed by atoms with van der Waals surface area (Å²) in [5.41, 5.74) is -0.109. The fourth-order valence-electron chi connectivity index (χ4n) is 3.87. The molecule has 0 saturated carbocycles. The van der Waals surface area contributed by atoms with Gasteiger partial charge in [-0.1, -0.05) is 12.1 Å². The number of likely N-dealkylation sites (tertiary alicyclic amines) is 1. The van der Waals surface area contributed by atoms with Gasteiger partial charge in [0.1, 0.15) is 11.5 Å². The molecule has 0 aromatic heterocycles. The molecule has 1 saturated heterocycles. The van der Waals surface area contributed by atoms with Gasteiger partial charge in [-0.25, -0.2) is 0 Å². The Kier molecular flexibility index (Phi) is 5.62. The number of fused-ring (bicyclic) bond motifs is 1. The maximum Gasteiger partial charge on any atom is 0.416 e. The van der Waals surface area contributed by atoms with Gasteiger partial charge in [-0.15, -0.1) is 0 Å². The maximum atomic E-state index is 12.8. The van der Waals surface area contributed by atoms with Crippen LogP contribution in [0.1, 0.15) is 15.9 Å². The lowest BCUT2D eigenvalue weighted by molar-refractivity contribution is -0.137. The molecule has 0 spiro atoms. The summed E-state index contributed by atoms with van der Waals surface area (Å²) in [7, 11) is 4.05. The van der Waals surface area contributed by atoms with Crippen LogP contribution in [-0.4, -0.2) is 49.4 Å². The van der Waals surface area contributed by atoms with E-state index < -0.39 is 11.7 Å². The average molecular weight is 428 g/mol. The van der Waals surface area contributed by atoms with Gasteiger partial charge in [0.2, 0.25) is 0 Å². The van der Waals surface area contributed by atoms with Crippen LogP contribution in [0.5, 0.6) is 11.5 Å². The zero-order valence-electron chi connectivity index (χ0n) is 17.3. The Morgan fingerprint density at radius 1 is 1.06 bits per heavy atom. The predicted octanol–water partition coefficient (Wildman–Crippen LogP) is 5.28. The summed E-state index contributed by atoms with van der Waals surface area (Å²) < 4.78 is 44.1. The first-order valence-electron chi connectivity index (χ1n) is 10.0. The lowest BCUT2D eigenvalue weighted by Crippen LogP contribution is -2.53. The van der Waals surface area contributed by atoms with Gasteiger partial charge in [0.25, 0.3) is 5.91 Å². The minimum Gasteiger partial charge on any atom is -0.457 e. The van der Waals surface area contributed by atoms with Gasteiger partial charge in [-0.2, -0.15) is 13.2 Å². The molecule has 31 heavy (non-hydrogen) atoms. The molecule has 0 unspecified atom stereocenters. The molecule has 0 radical (unpaired) electrons. The molecule has 0 aliphatic carbocycles. The Balaban J connectivity index is 1.50. The number of carbonyl (C=O) groups excluding carboxylic acids is 1. The monoisotopic (exact) mass is 428 g/mol. The topological polar surface area (TPSA) is 32.8 Å². The van der Waals surface area contributed by atoms with Crippen LogP contribution in [0.15, 0.2) is 60.7 Å². The smallest absolute Gasteiger partial charge is 0.416 e. The highest BCUT2D eigenvalue weighted by atomic mass is 19.4. The quantitative estimate of drug-likeness (QED) is 0.554. The van der Waals surface area contributed by atoms with Gasteiger partial charge < -0.3 is 14.5 Å². The van der Waals surface area contributed by atoms with E-state index in [2.05, 4.69) is 4.90 Å². The summed E-state index contributed by atoms with van der Waals surface area (Å²) in [6, 6.07) is 15.4. The molecule has 0 N–H and O–H groups in total. The third-order valence-corrected chi connectivity index (χ3v) is 5.36. The van der Waals surface area contributed by atoms with Gasteiger partial charge in [-0.3, -0.25) is 4.79 Å². The molecule has 1 fully saturated rings. The van der Waals surface area contributed by atoms with E-state index in [0.717, 1.165) is 42.5 Å². The minimum atomic E-state index is -4.39. The van der Waals surface area contributed by atoms with E-state index in [0.29, 0.717) is 23.0 Å². The van der Waals surface area contributed by atoms with Crippen LogP contribution in [-0.2, 0) is 6.18 Å². The van der Waals surface area contributed by atoms with E-state index in [1.165, 1.54) is 12.1 Å². The van der Waals surface area contributed by atoms with E-state index in [4.69, 9.17) is 4.74 Å². The minimum absolute atomic E-state index is 0.00553. The number of rotatable bonds is 5. The Morgan fingerprint density at radius 2 is 1.77 bits per heavy atom. The van der Waals surface area contributed by atoms with Crippen molar-refractivity contribution in [2.24, 2.45) is 5.92 Å². The SMILES string of the molecule is CN(C)CC1CN(C(=O)c2ccc3c(Oc4ccc(C(F)(F)F)cc4)cccc3c2)C1. The Labute approximate surface area is 178 Å². The molecule has 4 nitrogen and oxygen atoms in total. The van der Waals surface area contributed by atoms with Gasteiger partial charge in [0, 0.05) is 36.5 Å². The van der Waals surface area contributed by atoms with Crippen molar-refractivity contribution in [2.45, 2.75) is 6.18 Å². The number of benzene rings is 3. The van der Waals surface area contributed by atoms with Crippen LogP contribution >= 0.6 is 0 Å². The molecule has 7 heteroatoms. The van der Waals surface area contributed by atoms with Crippen molar-refractivity contribution in [2.75, 3.05) is 33.7 Å². The molecule has 4 rings (SSSR count). The molecule has 3 aromatic rings. The Bertz CT molecular complexity index is 1090. The van der Waals surface area contributed by atoms with Crippen LogP contribution in [0.2, 0.25) is 0 Å². The molecule has 1 aliphatic rings. The lowest BCUT2D eigenvalue weighted by Gasteiger charge is -2.40. The van der Waals surface area contributed by atoms with E-state index in [-0.39, 0.29) is 5.91 Å². The first-order valence-corrected chi connectivity index (χ1v) is 10.0. The number of nitrogens with zero attached hydrogens (tertiary/aromatic N) is 2. The molecule has 1 heterocycles. The first-order chi connectivity index (χ1) is 14.7. The van der Waals surface area contributed by atoms with Crippen molar-refractivity contribution in [3.63, 3.8) is 0 Å². The molecule has 0 bridgehead atoms. The van der Waals surface area contributed by atoms with Crippen molar-refractivity contribution in [1.82, 2.24) is 9.80 Å². The second kappa shape index (κ2) is 8.23. The van der Waals surface area contributed by atoms with Gasteiger partial charge >= 0.3 is 6.18 Å². The Hall–Kier alpha value is -3.06. The lowest BCUT2D eigenvalue weighted by atomic mass is 9.97. The van der Waals surface area contributed by atoms with Crippen molar-refractivity contribution >= 4 is 16.7 Å². The average Bonchev–Trinajstić information content (AvgIpc) is 2.69. The van der Waals surface area contributed by atoms with E-state index in [1.807, 2.05) is 37.2 Å². The van der Waals surface area contributed by atoms with Gasteiger partial charge in [-0.05, 0) is 68.0 Å².